The van der Waals surface area contributed by atoms with Crippen LogP contribution in [-0.4, -0.2) is 43.2 Å². The van der Waals surface area contributed by atoms with Crippen LogP contribution in [0, 0.1) is 0 Å². The number of rotatable bonds is 6. The molecule has 0 amide bonds. The SMILES string of the molecule is COC(=O)COCC(=O)c1cc(C(=O)O)ccc1S. The maximum atomic E-state index is 11.8. The fraction of sp³-hybridized carbons (Fsp3) is 0.250. The Morgan fingerprint density at radius 3 is 2.53 bits per heavy atom. The lowest BCUT2D eigenvalue weighted by Crippen LogP contribution is -2.16. The van der Waals surface area contributed by atoms with Crippen molar-refractivity contribution in [2.45, 2.75) is 4.90 Å². The Bertz CT molecular complexity index is 511. The van der Waals surface area contributed by atoms with E-state index in [1.54, 1.807) is 0 Å². The Morgan fingerprint density at radius 2 is 1.95 bits per heavy atom. The molecule has 0 saturated carbocycles. The molecule has 0 spiro atoms. The third-order valence-corrected chi connectivity index (χ3v) is 2.61. The van der Waals surface area contributed by atoms with Gasteiger partial charge in [-0.3, -0.25) is 4.79 Å². The molecule has 6 nitrogen and oxygen atoms in total. The molecule has 19 heavy (non-hydrogen) atoms. The number of thiol groups is 1. The van der Waals surface area contributed by atoms with Crippen molar-refractivity contribution < 1.29 is 29.0 Å². The molecule has 0 saturated heterocycles. The first-order valence-corrected chi connectivity index (χ1v) is 5.64. The van der Waals surface area contributed by atoms with Gasteiger partial charge in [0.2, 0.25) is 0 Å². The van der Waals surface area contributed by atoms with E-state index in [4.69, 9.17) is 9.84 Å². The highest BCUT2D eigenvalue weighted by atomic mass is 32.1. The van der Waals surface area contributed by atoms with E-state index in [1.165, 1.54) is 25.3 Å². The largest absolute Gasteiger partial charge is 0.478 e. The monoisotopic (exact) mass is 284 g/mol. The van der Waals surface area contributed by atoms with E-state index >= 15 is 0 Å². The molecule has 1 N–H and O–H groups in total. The number of methoxy groups -OCH3 is 1. The van der Waals surface area contributed by atoms with Crippen molar-refractivity contribution in [1.29, 1.82) is 0 Å². The molecule has 0 aliphatic heterocycles. The number of ketones is 1. The summed E-state index contributed by atoms with van der Waals surface area (Å²) in [5.74, 6) is -2.20. The van der Waals surface area contributed by atoms with Crippen LogP contribution in [0.15, 0.2) is 23.1 Å². The number of carbonyl (C=O) groups excluding carboxylic acids is 2. The number of carboxylic acid groups (broad SMARTS) is 1. The molecule has 7 heteroatoms. The minimum atomic E-state index is -1.14. The predicted octanol–water partition coefficient (Wildman–Crippen LogP) is 1.05. The molecule has 0 fully saturated rings. The van der Waals surface area contributed by atoms with Gasteiger partial charge >= 0.3 is 11.9 Å². The first kappa shape index (κ1) is 15.2. The van der Waals surface area contributed by atoms with E-state index in [0.717, 1.165) is 0 Å². The van der Waals surface area contributed by atoms with Crippen LogP contribution in [-0.2, 0) is 14.3 Å². The summed E-state index contributed by atoms with van der Waals surface area (Å²) in [7, 11) is 1.20. The third-order valence-electron chi connectivity index (χ3n) is 2.22. The Balaban J connectivity index is 2.73. The molecule has 0 heterocycles. The summed E-state index contributed by atoms with van der Waals surface area (Å²) in [4.78, 5) is 33.7. The number of hydrogen-bond donors (Lipinski definition) is 2. The molecule has 0 unspecified atom stereocenters. The molecule has 1 aromatic carbocycles. The molecular weight excluding hydrogens is 272 g/mol. The second kappa shape index (κ2) is 6.91. The smallest absolute Gasteiger partial charge is 0.335 e. The van der Waals surface area contributed by atoms with Crippen LogP contribution in [0.25, 0.3) is 0 Å². The maximum absolute atomic E-state index is 11.8. The number of aromatic carboxylic acids is 1. The van der Waals surface area contributed by atoms with Crippen molar-refractivity contribution >= 4 is 30.4 Å². The van der Waals surface area contributed by atoms with Gasteiger partial charge in [0.25, 0.3) is 0 Å². The number of esters is 1. The lowest BCUT2D eigenvalue weighted by molar-refractivity contribution is -0.145. The van der Waals surface area contributed by atoms with Gasteiger partial charge in [0.1, 0.15) is 13.2 Å². The zero-order valence-corrected chi connectivity index (χ0v) is 11.0. The van der Waals surface area contributed by atoms with Crippen molar-refractivity contribution in [1.82, 2.24) is 0 Å². The molecule has 0 atom stereocenters. The van der Waals surface area contributed by atoms with Gasteiger partial charge in [-0.15, -0.1) is 12.6 Å². The summed E-state index contributed by atoms with van der Waals surface area (Å²) < 4.78 is 9.20. The van der Waals surface area contributed by atoms with E-state index in [0.29, 0.717) is 4.90 Å². The van der Waals surface area contributed by atoms with E-state index < -0.39 is 17.7 Å². The van der Waals surface area contributed by atoms with Gasteiger partial charge in [-0.05, 0) is 18.2 Å². The van der Waals surface area contributed by atoms with Crippen LogP contribution in [0.1, 0.15) is 20.7 Å². The van der Waals surface area contributed by atoms with Crippen LogP contribution in [0.3, 0.4) is 0 Å². The van der Waals surface area contributed by atoms with Crippen LogP contribution in [0.5, 0.6) is 0 Å². The van der Waals surface area contributed by atoms with Gasteiger partial charge in [0, 0.05) is 10.5 Å². The summed E-state index contributed by atoms with van der Waals surface area (Å²) in [5, 5.41) is 8.83. The summed E-state index contributed by atoms with van der Waals surface area (Å²) in [6, 6.07) is 3.98. The lowest BCUT2D eigenvalue weighted by atomic mass is 10.1. The zero-order chi connectivity index (χ0) is 14.4. The highest BCUT2D eigenvalue weighted by molar-refractivity contribution is 7.80. The number of carbonyl (C=O) groups is 3. The molecule has 102 valence electrons. The first-order valence-electron chi connectivity index (χ1n) is 5.19. The van der Waals surface area contributed by atoms with E-state index in [1.807, 2.05) is 0 Å². The normalized spacial score (nSPS) is 10.0. The lowest BCUT2D eigenvalue weighted by Gasteiger charge is -2.06. The average Bonchev–Trinajstić information content (AvgIpc) is 2.38. The number of hydrogen-bond acceptors (Lipinski definition) is 6. The van der Waals surface area contributed by atoms with Gasteiger partial charge in [-0.25, -0.2) is 9.59 Å². The minimum Gasteiger partial charge on any atom is -0.478 e. The summed E-state index contributed by atoms with van der Waals surface area (Å²) in [6.45, 7) is -0.700. The van der Waals surface area contributed by atoms with Gasteiger partial charge < -0.3 is 14.6 Å². The Hall–Kier alpha value is -1.86. The molecule has 1 rings (SSSR count). The standard InChI is InChI=1S/C12H12O6S/c1-17-11(14)6-18-5-9(13)8-4-7(12(15)16)2-3-10(8)19/h2-4,19H,5-6H2,1H3,(H,15,16). The van der Waals surface area contributed by atoms with E-state index in [9.17, 15) is 14.4 Å². The van der Waals surface area contributed by atoms with E-state index in [-0.39, 0.29) is 24.3 Å². The van der Waals surface area contributed by atoms with E-state index in [2.05, 4.69) is 17.4 Å². The molecule has 0 bridgehead atoms. The van der Waals surface area contributed by atoms with Crippen LogP contribution < -0.4 is 0 Å². The maximum Gasteiger partial charge on any atom is 0.335 e. The van der Waals surface area contributed by atoms with Crippen LogP contribution in [0.2, 0.25) is 0 Å². The quantitative estimate of drug-likeness (QED) is 0.461. The number of Topliss-reactive ketones (excluding diaryl/α,β-unsaturated/α-hetero) is 1. The van der Waals surface area contributed by atoms with Crippen molar-refractivity contribution in [3.05, 3.63) is 29.3 Å². The predicted molar refractivity (Wildman–Crippen MR) is 67.8 cm³/mol. The Kier molecular flexibility index (Phi) is 5.53. The molecule has 1 aromatic rings. The van der Waals surface area contributed by atoms with Crippen LogP contribution in [0.4, 0.5) is 0 Å². The van der Waals surface area contributed by atoms with Crippen molar-refractivity contribution in [2.75, 3.05) is 20.3 Å². The van der Waals surface area contributed by atoms with Crippen molar-refractivity contribution in [3.8, 4) is 0 Å². The first-order chi connectivity index (χ1) is 8.95. The fourth-order valence-corrected chi connectivity index (χ4v) is 1.52. The number of benzene rings is 1. The highest BCUT2D eigenvalue weighted by Gasteiger charge is 2.14. The van der Waals surface area contributed by atoms with Gasteiger partial charge in [-0.1, -0.05) is 0 Å². The topological polar surface area (TPSA) is 89.9 Å². The summed E-state index contributed by atoms with van der Waals surface area (Å²) >= 11 is 4.07. The van der Waals surface area contributed by atoms with Crippen molar-refractivity contribution in [3.63, 3.8) is 0 Å². The van der Waals surface area contributed by atoms with Gasteiger partial charge in [0.15, 0.2) is 5.78 Å². The Labute approximate surface area is 114 Å². The summed E-state index contributed by atoms with van der Waals surface area (Å²) in [5.41, 5.74) is 0.113. The molecule has 0 aliphatic carbocycles. The van der Waals surface area contributed by atoms with Crippen molar-refractivity contribution in [2.24, 2.45) is 0 Å². The van der Waals surface area contributed by atoms with Crippen LogP contribution >= 0.6 is 12.6 Å². The highest BCUT2D eigenvalue weighted by Crippen LogP contribution is 2.17. The molecule has 0 radical (unpaired) electrons. The van der Waals surface area contributed by atoms with Gasteiger partial charge in [0.05, 0.1) is 12.7 Å². The number of ether oxygens (including phenoxy) is 2. The second-order valence-corrected chi connectivity index (χ2v) is 4.01. The van der Waals surface area contributed by atoms with Gasteiger partial charge in [-0.2, -0.15) is 0 Å². The zero-order valence-electron chi connectivity index (χ0n) is 10.1. The molecule has 0 aliphatic rings. The Morgan fingerprint density at radius 1 is 1.26 bits per heavy atom. The minimum absolute atomic E-state index is 0.0193. The third kappa shape index (κ3) is 4.38. The molecule has 0 aromatic heterocycles. The molecular formula is C12H12O6S. The summed E-state index contributed by atoms with van der Waals surface area (Å²) in [6.07, 6.45) is 0. The average molecular weight is 284 g/mol. The number of carboxylic acids is 1. The second-order valence-electron chi connectivity index (χ2n) is 3.53. The fourth-order valence-electron chi connectivity index (χ4n) is 1.26.